The molecule has 2 nitrogen and oxygen atoms in total. The van der Waals surface area contributed by atoms with Crippen LogP contribution in [0.2, 0.25) is 0 Å². The zero-order chi connectivity index (χ0) is 13.3. The van der Waals surface area contributed by atoms with Crippen molar-refractivity contribution in [3.8, 4) is 0 Å². The standard InChI is InChI=1S/C12H8Br2FIN2/c13-7-4-12(11(17)5-9(7)15)18-6-1-2-10(16)8(14)3-6/h1-5,18H,17H2. The summed E-state index contributed by atoms with van der Waals surface area (Å²) < 4.78 is 15.7. The van der Waals surface area contributed by atoms with E-state index in [0.29, 0.717) is 15.8 Å². The van der Waals surface area contributed by atoms with Crippen LogP contribution in [0.1, 0.15) is 0 Å². The highest BCUT2D eigenvalue weighted by Gasteiger charge is 2.07. The second kappa shape index (κ2) is 5.75. The Morgan fingerprint density at radius 3 is 2.50 bits per heavy atom. The van der Waals surface area contributed by atoms with Crippen molar-refractivity contribution in [1.29, 1.82) is 0 Å². The molecule has 0 aromatic heterocycles. The molecule has 6 heteroatoms. The predicted octanol–water partition coefficient (Wildman–Crippen LogP) is 5.28. The van der Waals surface area contributed by atoms with Gasteiger partial charge in [-0.1, -0.05) is 0 Å². The number of halogens is 4. The van der Waals surface area contributed by atoms with Gasteiger partial charge in [0.05, 0.1) is 15.8 Å². The van der Waals surface area contributed by atoms with Crippen molar-refractivity contribution in [3.05, 3.63) is 48.7 Å². The van der Waals surface area contributed by atoms with Gasteiger partial charge in [-0.2, -0.15) is 0 Å². The van der Waals surface area contributed by atoms with E-state index >= 15 is 0 Å². The number of anilines is 3. The van der Waals surface area contributed by atoms with E-state index in [1.165, 1.54) is 6.07 Å². The van der Waals surface area contributed by atoms with Gasteiger partial charge in [0.1, 0.15) is 5.82 Å². The summed E-state index contributed by atoms with van der Waals surface area (Å²) in [5.41, 5.74) is 7.68. The molecule has 0 bridgehead atoms. The predicted molar refractivity (Wildman–Crippen MR) is 88.7 cm³/mol. The monoisotopic (exact) mass is 484 g/mol. The van der Waals surface area contributed by atoms with Gasteiger partial charge in [-0.25, -0.2) is 4.39 Å². The van der Waals surface area contributed by atoms with Crippen molar-refractivity contribution in [1.82, 2.24) is 0 Å². The van der Waals surface area contributed by atoms with Crippen molar-refractivity contribution in [2.75, 3.05) is 11.1 Å². The highest BCUT2D eigenvalue weighted by atomic mass is 127. The van der Waals surface area contributed by atoms with E-state index in [0.717, 1.165) is 13.7 Å². The Kier molecular flexibility index (Phi) is 4.50. The maximum Gasteiger partial charge on any atom is 0.139 e. The number of hydrogen-bond acceptors (Lipinski definition) is 2. The van der Waals surface area contributed by atoms with Gasteiger partial charge in [0.25, 0.3) is 0 Å². The molecule has 0 radical (unpaired) electrons. The lowest BCUT2D eigenvalue weighted by Crippen LogP contribution is -1.98. The van der Waals surface area contributed by atoms with Crippen molar-refractivity contribution in [2.45, 2.75) is 0 Å². The molecule has 0 saturated heterocycles. The topological polar surface area (TPSA) is 38.0 Å². The molecule has 0 saturated carbocycles. The minimum absolute atomic E-state index is 0.366. The van der Waals surface area contributed by atoms with Gasteiger partial charge < -0.3 is 11.1 Å². The number of hydrogen-bond donors (Lipinski definition) is 2. The van der Waals surface area contributed by atoms with Crippen LogP contribution in [0.5, 0.6) is 0 Å². The maximum atomic E-state index is 13.3. The van der Waals surface area contributed by atoms with Gasteiger partial charge in [0.15, 0.2) is 0 Å². The quantitative estimate of drug-likeness (QED) is 0.448. The molecule has 2 aromatic rings. The SMILES string of the molecule is Nc1cc(F)c(Br)cc1Nc1ccc(I)c(Br)c1. The Bertz CT molecular complexity index is 605. The van der Waals surface area contributed by atoms with E-state index in [-0.39, 0.29) is 5.82 Å². The molecule has 94 valence electrons. The van der Waals surface area contributed by atoms with Gasteiger partial charge in [0, 0.05) is 19.8 Å². The number of nitrogen functional groups attached to an aromatic ring is 1. The summed E-state index contributed by atoms with van der Waals surface area (Å²) in [6.07, 6.45) is 0. The fourth-order valence-corrected chi connectivity index (χ4v) is 2.46. The van der Waals surface area contributed by atoms with Gasteiger partial charge in [-0.3, -0.25) is 0 Å². The largest absolute Gasteiger partial charge is 0.397 e. The van der Waals surface area contributed by atoms with E-state index in [2.05, 4.69) is 59.8 Å². The Labute approximate surface area is 135 Å². The average Bonchev–Trinajstić information content (AvgIpc) is 2.31. The zero-order valence-electron chi connectivity index (χ0n) is 8.98. The van der Waals surface area contributed by atoms with Crippen molar-refractivity contribution < 1.29 is 4.39 Å². The molecule has 0 spiro atoms. The van der Waals surface area contributed by atoms with Crippen molar-refractivity contribution >= 4 is 71.5 Å². The second-order valence-corrected chi connectivity index (χ2v) is 6.48. The molecule has 2 rings (SSSR count). The summed E-state index contributed by atoms with van der Waals surface area (Å²) in [5, 5.41) is 3.15. The van der Waals surface area contributed by atoms with E-state index in [1.54, 1.807) is 6.07 Å². The van der Waals surface area contributed by atoms with E-state index in [9.17, 15) is 4.39 Å². The number of rotatable bonds is 2. The van der Waals surface area contributed by atoms with Crippen LogP contribution >= 0.6 is 54.5 Å². The second-order valence-electron chi connectivity index (χ2n) is 3.61. The van der Waals surface area contributed by atoms with Crippen molar-refractivity contribution in [2.24, 2.45) is 0 Å². The molecule has 18 heavy (non-hydrogen) atoms. The molecule has 0 aliphatic carbocycles. The lowest BCUT2D eigenvalue weighted by atomic mass is 10.2. The highest BCUT2D eigenvalue weighted by Crippen LogP contribution is 2.31. The lowest BCUT2D eigenvalue weighted by Gasteiger charge is -2.11. The lowest BCUT2D eigenvalue weighted by molar-refractivity contribution is 0.622. The molecule has 0 aliphatic heterocycles. The van der Waals surface area contributed by atoms with Gasteiger partial charge in [-0.15, -0.1) is 0 Å². The van der Waals surface area contributed by atoms with Crippen molar-refractivity contribution in [3.63, 3.8) is 0 Å². The normalized spacial score (nSPS) is 10.4. The van der Waals surface area contributed by atoms with Crippen LogP contribution in [0, 0.1) is 9.39 Å². The van der Waals surface area contributed by atoms with Gasteiger partial charge >= 0.3 is 0 Å². The van der Waals surface area contributed by atoms with Crippen LogP contribution in [0.4, 0.5) is 21.5 Å². The van der Waals surface area contributed by atoms with Crippen LogP contribution in [0.3, 0.4) is 0 Å². The third-order valence-corrected chi connectivity index (χ3v) is 5.24. The smallest absolute Gasteiger partial charge is 0.139 e. The third kappa shape index (κ3) is 3.16. The molecule has 3 N–H and O–H groups in total. The molecule has 0 atom stereocenters. The fourth-order valence-electron chi connectivity index (χ4n) is 1.40. The summed E-state index contributed by atoms with van der Waals surface area (Å²) in [6, 6.07) is 8.76. The number of benzene rings is 2. The molecule has 2 aromatic carbocycles. The van der Waals surface area contributed by atoms with Gasteiger partial charge in [-0.05, 0) is 78.7 Å². The van der Waals surface area contributed by atoms with Crippen LogP contribution in [-0.2, 0) is 0 Å². The Morgan fingerprint density at radius 1 is 1.11 bits per heavy atom. The average molecular weight is 486 g/mol. The zero-order valence-corrected chi connectivity index (χ0v) is 14.3. The molecule has 0 fully saturated rings. The number of nitrogens with one attached hydrogen (secondary N) is 1. The van der Waals surface area contributed by atoms with E-state index < -0.39 is 0 Å². The first-order valence-corrected chi connectivity index (χ1v) is 7.60. The van der Waals surface area contributed by atoms with Crippen LogP contribution in [0.15, 0.2) is 39.3 Å². The first-order valence-electron chi connectivity index (χ1n) is 4.94. The minimum Gasteiger partial charge on any atom is -0.397 e. The Hall–Kier alpha value is -0.340. The van der Waals surface area contributed by atoms with Crippen LogP contribution in [-0.4, -0.2) is 0 Å². The fraction of sp³-hybridized carbons (Fsp3) is 0. The molecular formula is C12H8Br2FIN2. The summed E-state index contributed by atoms with van der Waals surface area (Å²) in [5.74, 6) is -0.373. The molecular weight excluding hydrogens is 478 g/mol. The molecule has 0 aliphatic rings. The Balaban J connectivity index is 2.34. The van der Waals surface area contributed by atoms with Crippen LogP contribution < -0.4 is 11.1 Å². The number of nitrogens with two attached hydrogens (primary N) is 1. The Morgan fingerprint density at radius 2 is 1.83 bits per heavy atom. The maximum absolute atomic E-state index is 13.3. The van der Waals surface area contributed by atoms with E-state index in [1.807, 2.05) is 18.2 Å². The third-order valence-electron chi connectivity index (χ3n) is 2.29. The summed E-state index contributed by atoms with van der Waals surface area (Å²) in [4.78, 5) is 0. The first kappa shape index (κ1) is 14.1. The highest BCUT2D eigenvalue weighted by molar-refractivity contribution is 14.1. The van der Waals surface area contributed by atoms with Gasteiger partial charge in [0.2, 0.25) is 0 Å². The summed E-state index contributed by atoms with van der Waals surface area (Å²) >= 11 is 8.83. The first-order chi connectivity index (χ1) is 8.47. The molecule has 0 heterocycles. The summed E-state index contributed by atoms with van der Waals surface area (Å²) in [7, 11) is 0. The molecule has 0 amide bonds. The molecule has 0 unspecified atom stereocenters. The van der Waals surface area contributed by atoms with Crippen LogP contribution in [0.25, 0.3) is 0 Å². The minimum atomic E-state index is -0.373. The van der Waals surface area contributed by atoms with E-state index in [4.69, 9.17) is 5.73 Å². The summed E-state index contributed by atoms with van der Waals surface area (Å²) in [6.45, 7) is 0.